The predicted octanol–water partition coefficient (Wildman–Crippen LogP) is 3.84. The van der Waals surface area contributed by atoms with E-state index in [-0.39, 0.29) is 24.4 Å². The molecule has 1 aliphatic rings. The maximum absolute atomic E-state index is 12.8. The fraction of sp³-hybridized carbons (Fsp3) is 0.389. The molecule has 2 amide bonds. The Morgan fingerprint density at radius 1 is 1.44 bits per heavy atom. The lowest BCUT2D eigenvalue weighted by molar-refractivity contribution is -0.121. The Morgan fingerprint density at radius 3 is 2.96 bits per heavy atom. The lowest BCUT2D eigenvalue weighted by Crippen LogP contribution is -2.58. The predicted molar refractivity (Wildman–Crippen MR) is 100 cm³/mol. The van der Waals surface area contributed by atoms with E-state index >= 15 is 0 Å². The Labute approximate surface area is 156 Å². The molecule has 1 aliphatic heterocycles. The zero-order valence-electron chi connectivity index (χ0n) is 14.0. The highest BCUT2D eigenvalue weighted by Gasteiger charge is 2.36. The molecule has 2 heterocycles. The number of hydrogen-bond acceptors (Lipinski definition) is 4. The summed E-state index contributed by atoms with van der Waals surface area (Å²) in [5, 5.41) is 2.32. The highest BCUT2D eigenvalue weighted by atomic mass is 35.5. The van der Waals surface area contributed by atoms with Gasteiger partial charge in [-0.15, -0.1) is 11.3 Å². The zero-order chi connectivity index (χ0) is 17.8. The van der Waals surface area contributed by atoms with E-state index in [4.69, 9.17) is 11.6 Å². The maximum Gasteiger partial charge on any atom is 0.274 e. The van der Waals surface area contributed by atoms with Crippen LogP contribution in [0.15, 0.2) is 35.2 Å². The molecule has 1 saturated heterocycles. The molecule has 1 fully saturated rings. The molecule has 0 saturated carbocycles. The largest absolute Gasteiger partial charge is 0.323 e. The van der Waals surface area contributed by atoms with Crippen molar-refractivity contribution in [2.45, 2.75) is 32.2 Å². The summed E-state index contributed by atoms with van der Waals surface area (Å²) >= 11 is 7.45. The first kappa shape index (κ1) is 17.9. The first-order chi connectivity index (χ1) is 12.1. The number of piperazine rings is 1. The summed E-state index contributed by atoms with van der Waals surface area (Å²) in [7, 11) is 0. The molecule has 3 rings (SSSR count). The third-order valence-electron chi connectivity index (χ3n) is 4.36. The maximum atomic E-state index is 12.8. The number of thiazole rings is 1. The molecule has 0 unspecified atom stereocenters. The summed E-state index contributed by atoms with van der Waals surface area (Å²) in [6.45, 7) is 2.67. The van der Waals surface area contributed by atoms with Crippen LogP contribution in [0.25, 0.3) is 0 Å². The number of carbonyl (C=O) groups is 2. The molecular weight excluding hydrogens is 358 g/mol. The van der Waals surface area contributed by atoms with Gasteiger partial charge >= 0.3 is 0 Å². The third-order valence-corrected chi connectivity index (χ3v) is 5.19. The van der Waals surface area contributed by atoms with Crippen molar-refractivity contribution in [3.05, 3.63) is 45.9 Å². The second-order valence-electron chi connectivity index (χ2n) is 6.09. The van der Waals surface area contributed by atoms with Gasteiger partial charge in [-0.2, -0.15) is 0 Å². The molecule has 132 valence electrons. The van der Waals surface area contributed by atoms with Gasteiger partial charge in [-0.05, 0) is 24.6 Å². The summed E-state index contributed by atoms with van der Waals surface area (Å²) in [5.74, 6) is -0.264. The Hall–Kier alpha value is -1.92. The number of amides is 2. The van der Waals surface area contributed by atoms with Crippen LogP contribution in [-0.2, 0) is 4.79 Å². The summed E-state index contributed by atoms with van der Waals surface area (Å²) in [4.78, 5) is 32.9. The standard InChI is InChI=1S/C18H20ClN3O2S/c1-2-3-6-15-9-21(14-7-4-5-13(19)8-14)17(23)10-22(15)18(24)16-11-25-12-20-16/h4-5,7-8,11-12,15H,2-3,6,9-10H2,1H3/t15-/m0/s1. The Bertz CT molecular complexity index is 751. The van der Waals surface area contributed by atoms with Crippen molar-refractivity contribution < 1.29 is 9.59 Å². The lowest BCUT2D eigenvalue weighted by atomic mass is 10.0. The summed E-state index contributed by atoms with van der Waals surface area (Å²) in [6, 6.07) is 7.25. The number of carbonyl (C=O) groups excluding carboxylic acids is 2. The molecule has 1 aromatic carbocycles. The van der Waals surface area contributed by atoms with Crippen LogP contribution in [0.2, 0.25) is 5.02 Å². The van der Waals surface area contributed by atoms with Crippen molar-refractivity contribution in [3.8, 4) is 0 Å². The Kier molecular flexibility index (Phi) is 5.71. The highest BCUT2D eigenvalue weighted by Crippen LogP contribution is 2.26. The van der Waals surface area contributed by atoms with Crippen molar-refractivity contribution in [3.63, 3.8) is 0 Å². The fourth-order valence-corrected chi connectivity index (χ4v) is 3.76. The average Bonchev–Trinajstić information content (AvgIpc) is 3.14. The lowest BCUT2D eigenvalue weighted by Gasteiger charge is -2.41. The molecule has 25 heavy (non-hydrogen) atoms. The zero-order valence-corrected chi connectivity index (χ0v) is 15.6. The van der Waals surface area contributed by atoms with Gasteiger partial charge in [-0.1, -0.05) is 37.4 Å². The van der Waals surface area contributed by atoms with Crippen LogP contribution >= 0.6 is 22.9 Å². The Morgan fingerprint density at radius 2 is 2.28 bits per heavy atom. The third kappa shape index (κ3) is 4.02. The van der Waals surface area contributed by atoms with E-state index < -0.39 is 0 Å². The van der Waals surface area contributed by atoms with Gasteiger partial charge < -0.3 is 9.80 Å². The number of hydrogen-bond donors (Lipinski definition) is 0. The number of unbranched alkanes of at least 4 members (excludes halogenated alkanes) is 1. The number of rotatable bonds is 5. The minimum Gasteiger partial charge on any atom is -0.323 e. The van der Waals surface area contributed by atoms with E-state index in [0.29, 0.717) is 17.3 Å². The highest BCUT2D eigenvalue weighted by molar-refractivity contribution is 7.07. The minimum absolute atomic E-state index is 0.0224. The molecule has 0 N–H and O–H groups in total. The molecule has 0 radical (unpaired) electrons. The van der Waals surface area contributed by atoms with Crippen LogP contribution in [-0.4, -0.2) is 40.8 Å². The van der Waals surface area contributed by atoms with Crippen LogP contribution in [0.5, 0.6) is 0 Å². The first-order valence-corrected chi connectivity index (χ1v) is 9.67. The number of benzene rings is 1. The molecule has 5 nitrogen and oxygen atoms in total. The van der Waals surface area contributed by atoms with E-state index in [0.717, 1.165) is 24.9 Å². The van der Waals surface area contributed by atoms with Gasteiger partial charge in [0.1, 0.15) is 12.2 Å². The second kappa shape index (κ2) is 7.97. The smallest absolute Gasteiger partial charge is 0.274 e. The molecule has 1 aromatic heterocycles. The van der Waals surface area contributed by atoms with E-state index in [1.807, 2.05) is 12.1 Å². The van der Waals surface area contributed by atoms with Crippen LogP contribution in [0.3, 0.4) is 0 Å². The van der Waals surface area contributed by atoms with Crippen molar-refractivity contribution in [1.82, 2.24) is 9.88 Å². The fourth-order valence-electron chi connectivity index (χ4n) is 3.05. The van der Waals surface area contributed by atoms with Gasteiger partial charge in [0.2, 0.25) is 5.91 Å². The molecule has 0 aliphatic carbocycles. The summed E-state index contributed by atoms with van der Waals surface area (Å²) in [5.41, 5.74) is 2.83. The number of anilines is 1. The summed E-state index contributed by atoms with van der Waals surface area (Å²) in [6.07, 6.45) is 2.90. The SMILES string of the molecule is CCCC[C@H]1CN(c2cccc(Cl)c2)C(=O)CN1C(=O)c1cscn1. The molecule has 7 heteroatoms. The molecule has 0 bridgehead atoms. The number of halogens is 1. The van der Waals surface area contributed by atoms with E-state index in [2.05, 4.69) is 11.9 Å². The van der Waals surface area contributed by atoms with Gasteiger partial charge in [-0.3, -0.25) is 9.59 Å². The van der Waals surface area contributed by atoms with Crippen LogP contribution in [0.1, 0.15) is 36.7 Å². The molecule has 0 spiro atoms. The molecular formula is C18H20ClN3O2S. The van der Waals surface area contributed by atoms with Gasteiger partial charge in [0.05, 0.1) is 11.6 Å². The van der Waals surface area contributed by atoms with Crippen LogP contribution in [0.4, 0.5) is 5.69 Å². The van der Waals surface area contributed by atoms with Crippen molar-refractivity contribution >= 4 is 40.4 Å². The van der Waals surface area contributed by atoms with E-state index in [1.54, 1.807) is 32.8 Å². The minimum atomic E-state index is -0.165. The van der Waals surface area contributed by atoms with Gasteiger partial charge in [0, 0.05) is 22.6 Å². The van der Waals surface area contributed by atoms with Crippen molar-refractivity contribution in [1.29, 1.82) is 0 Å². The number of aromatic nitrogens is 1. The first-order valence-electron chi connectivity index (χ1n) is 8.35. The average molecular weight is 378 g/mol. The topological polar surface area (TPSA) is 53.5 Å². The van der Waals surface area contributed by atoms with Gasteiger partial charge in [0.15, 0.2) is 0 Å². The monoisotopic (exact) mass is 377 g/mol. The molecule has 2 aromatic rings. The second-order valence-corrected chi connectivity index (χ2v) is 7.24. The van der Waals surface area contributed by atoms with Crippen LogP contribution in [0, 0.1) is 0 Å². The molecule has 1 atom stereocenters. The van der Waals surface area contributed by atoms with Crippen LogP contribution < -0.4 is 4.90 Å². The van der Waals surface area contributed by atoms with Crippen molar-refractivity contribution in [2.24, 2.45) is 0 Å². The van der Waals surface area contributed by atoms with Crippen molar-refractivity contribution in [2.75, 3.05) is 18.0 Å². The number of nitrogens with zero attached hydrogens (tertiary/aromatic N) is 3. The van der Waals surface area contributed by atoms with Gasteiger partial charge in [-0.25, -0.2) is 4.98 Å². The normalized spacial score (nSPS) is 17.8. The van der Waals surface area contributed by atoms with Gasteiger partial charge in [0.25, 0.3) is 5.91 Å². The van der Waals surface area contributed by atoms with E-state index in [1.165, 1.54) is 11.3 Å². The summed E-state index contributed by atoms with van der Waals surface area (Å²) < 4.78 is 0. The Balaban J connectivity index is 1.84. The van der Waals surface area contributed by atoms with E-state index in [9.17, 15) is 9.59 Å². The quantitative estimate of drug-likeness (QED) is 0.795.